The number of alkyl halides is 3. The molecule has 0 amide bonds. The molecule has 1 rings (SSSR count). The van der Waals surface area contributed by atoms with Crippen LogP contribution in [0, 0.1) is 0 Å². The number of anilines is 1. The standard InChI is InChI=1S/C6H6ClF3N4O2S/c7-4-1-2-11-5(13-4)14-17(15,16)12-3-6(8,9)10/h1-2,12H,3H2,(H,11,13,14). The van der Waals surface area contributed by atoms with E-state index in [9.17, 15) is 21.6 Å². The summed E-state index contributed by atoms with van der Waals surface area (Å²) in [4.78, 5) is 6.91. The second-order valence-corrected chi connectivity index (χ2v) is 4.63. The highest BCUT2D eigenvalue weighted by Gasteiger charge is 2.29. The number of halogens is 4. The fourth-order valence-electron chi connectivity index (χ4n) is 0.719. The highest BCUT2D eigenvalue weighted by Crippen LogP contribution is 2.13. The Hall–Kier alpha value is -1.13. The van der Waals surface area contributed by atoms with Gasteiger partial charge in [-0.1, -0.05) is 11.6 Å². The quantitative estimate of drug-likeness (QED) is 0.808. The van der Waals surface area contributed by atoms with Gasteiger partial charge >= 0.3 is 16.4 Å². The van der Waals surface area contributed by atoms with Gasteiger partial charge in [-0.05, 0) is 6.07 Å². The molecule has 1 heterocycles. The van der Waals surface area contributed by atoms with Crippen LogP contribution in [0.5, 0.6) is 0 Å². The third-order valence-electron chi connectivity index (χ3n) is 1.31. The molecule has 1 aromatic rings. The topological polar surface area (TPSA) is 84.0 Å². The summed E-state index contributed by atoms with van der Waals surface area (Å²) < 4.78 is 60.5. The molecule has 0 radical (unpaired) electrons. The lowest BCUT2D eigenvalue weighted by Gasteiger charge is -2.09. The Morgan fingerprint density at radius 2 is 2.06 bits per heavy atom. The van der Waals surface area contributed by atoms with Crippen molar-refractivity contribution in [1.82, 2.24) is 14.7 Å². The van der Waals surface area contributed by atoms with Crippen LogP contribution in [0.1, 0.15) is 0 Å². The predicted molar refractivity (Wildman–Crippen MR) is 53.6 cm³/mol. The molecule has 0 aliphatic heterocycles. The summed E-state index contributed by atoms with van der Waals surface area (Å²) in [5.74, 6) is -0.424. The second-order valence-electron chi connectivity index (χ2n) is 2.74. The van der Waals surface area contributed by atoms with E-state index in [4.69, 9.17) is 11.6 Å². The Morgan fingerprint density at radius 3 is 2.59 bits per heavy atom. The smallest absolute Gasteiger partial charge is 0.238 e. The Morgan fingerprint density at radius 1 is 1.41 bits per heavy atom. The predicted octanol–water partition coefficient (Wildman–Crippen LogP) is 0.939. The van der Waals surface area contributed by atoms with E-state index in [-0.39, 0.29) is 5.15 Å². The van der Waals surface area contributed by atoms with Gasteiger partial charge in [0.2, 0.25) is 5.95 Å². The maximum Gasteiger partial charge on any atom is 0.402 e. The first-order chi connectivity index (χ1) is 7.68. The van der Waals surface area contributed by atoms with Crippen LogP contribution in [0.3, 0.4) is 0 Å². The van der Waals surface area contributed by atoms with Crippen LogP contribution < -0.4 is 9.44 Å². The molecule has 0 saturated carbocycles. The van der Waals surface area contributed by atoms with Gasteiger partial charge in [0.1, 0.15) is 11.7 Å². The summed E-state index contributed by atoms with van der Waals surface area (Å²) in [6, 6.07) is 1.28. The molecule has 0 aliphatic rings. The molecule has 0 atom stereocenters. The fraction of sp³-hybridized carbons (Fsp3) is 0.333. The lowest BCUT2D eigenvalue weighted by molar-refractivity contribution is -0.121. The minimum absolute atomic E-state index is 0.0477. The summed E-state index contributed by atoms with van der Waals surface area (Å²) in [5.41, 5.74) is 0. The van der Waals surface area contributed by atoms with Crippen LogP contribution >= 0.6 is 11.6 Å². The van der Waals surface area contributed by atoms with Crippen molar-refractivity contribution >= 4 is 27.8 Å². The van der Waals surface area contributed by atoms with E-state index in [1.807, 2.05) is 0 Å². The molecular formula is C6H6ClF3N4O2S. The minimum Gasteiger partial charge on any atom is -0.238 e. The van der Waals surface area contributed by atoms with Crippen LogP contribution in [0.15, 0.2) is 12.3 Å². The first-order valence-electron chi connectivity index (χ1n) is 4.01. The normalized spacial score (nSPS) is 12.5. The van der Waals surface area contributed by atoms with E-state index in [0.717, 1.165) is 6.20 Å². The molecule has 0 aliphatic carbocycles. The number of aromatic nitrogens is 2. The van der Waals surface area contributed by atoms with Crippen molar-refractivity contribution in [2.24, 2.45) is 0 Å². The van der Waals surface area contributed by atoms with Gasteiger partial charge in [-0.15, -0.1) is 0 Å². The molecule has 6 nitrogen and oxygen atoms in total. The van der Waals surface area contributed by atoms with Gasteiger partial charge in [-0.2, -0.15) is 26.3 Å². The summed E-state index contributed by atoms with van der Waals surface area (Å²) in [6.07, 6.45) is -3.50. The maximum absolute atomic E-state index is 11.8. The SMILES string of the molecule is O=S(=O)(NCC(F)(F)F)Nc1nccc(Cl)n1. The third-order valence-corrected chi connectivity index (χ3v) is 2.50. The van der Waals surface area contributed by atoms with Crippen molar-refractivity contribution in [3.8, 4) is 0 Å². The summed E-state index contributed by atoms with van der Waals surface area (Å²) >= 11 is 5.44. The van der Waals surface area contributed by atoms with E-state index < -0.39 is 28.9 Å². The van der Waals surface area contributed by atoms with Crippen LogP contribution in [0.4, 0.5) is 19.1 Å². The molecule has 2 N–H and O–H groups in total. The lowest BCUT2D eigenvalue weighted by atomic mass is 10.7. The number of hydrogen-bond acceptors (Lipinski definition) is 4. The highest BCUT2D eigenvalue weighted by atomic mass is 35.5. The van der Waals surface area contributed by atoms with Gasteiger partial charge in [0, 0.05) is 6.20 Å². The van der Waals surface area contributed by atoms with Crippen molar-refractivity contribution < 1.29 is 21.6 Å². The van der Waals surface area contributed by atoms with Crippen LogP contribution in [-0.4, -0.2) is 31.1 Å². The Kier molecular flexibility index (Phi) is 4.11. The summed E-state index contributed by atoms with van der Waals surface area (Å²) in [6.45, 7) is -1.69. The van der Waals surface area contributed by atoms with Crippen molar-refractivity contribution in [3.05, 3.63) is 17.4 Å². The molecule has 17 heavy (non-hydrogen) atoms. The van der Waals surface area contributed by atoms with Crippen molar-refractivity contribution in [3.63, 3.8) is 0 Å². The Bertz CT molecular complexity index is 492. The average molecular weight is 291 g/mol. The van der Waals surface area contributed by atoms with Gasteiger partial charge in [0.15, 0.2) is 0 Å². The Labute approximate surface area is 99.4 Å². The fourth-order valence-corrected chi connectivity index (χ4v) is 1.62. The molecule has 0 bridgehead atoms. The number of nitrogens with one attached hydrogen (secondary N) is 2. The number of nitrogens with zero attached hydrogens (tertiary/aromatic N) is 2. The van der Waals surface area contributed by atoms with Gasteiger partial charge in [-0.3, -0.25) is 0 Å². The van der Waals surface area contributed by atoms with Crippen LogP contribution in [0.25, 0.3) is 0 Å². The molecule has 11 heteroatoms. The van der Waals surface area contributed by atoms with Gasteiger partial charge in [0.25, 0.3) is 0 Å². The van der Waals surface area contributed by atoms with Crippen LogP contribution in [-0.2, 0) is 10.2 Å². The van der Waals surface area contributed by atoms with Gasteiger partial charge in [-0.25, -0.2) is 14.7 Å². The lowest BCUT2D eigenvalue weighted by Crippen LogP contribution is -2.37. The van der Waals surface area contributed by atoms with Crippen molar-refractivity contribution in [1.29, 1.82) is 0 Å². The summed E-state index contributed by atoms with van der Waals surface area (Å²) in [5, 5.41) is -0.0477. The molecule has 0 fully saturated rings. The molecule has 0 saturated heterocycles. The molecule has 1 aromatic heterocycles. The molecule has 0 unspecified atom stereocenters. The van der Waals surface area contributed by atoms with E-state index in [1.54, 1.807) is 4.72 Å². The summed E-state index contributed by atoms with van der Waals surface area (Å²) in [7, 11) is -4.39. The zero-order valence-corrected chi connectivity index (χ0v) is 9.57. The zero-order valence-electron chi connectivity index (χ0n) is 7.99. The van der Waals surface area contributed by atoms with Crippen molar-refractivity contribution in [2.45, 2.75) is 6.18 Å². The molecule has 0 spiro atoms. The third kappa shape index (κ3) is 5.65. The molecule has 96 valence electrons. The molecular weight excluding hydrogens is 285 g/mol. The van der Waals surface area contributed by atoms with E-state index in [0.29, 0.717) is 0 Å². The maximum atomic E-state index is 11.8. The Balaban J connectivity index is 2.67. The minimum atomic E-state index is -4.65. The van der Waals surface area contributed by atoms with Gasteiger partial charge < -0.3 is 0 Å². The van der Waals surface area contributed by atoms with E-state index in [2.05, 4.69) is 9.97 Å². The first kappa shape index (κ1) is 13.9. The average Bonchev–Trinajstić information content (AvgIpc) is 2.13. The van der Waals surface area contributed by atoms with Gasteiger partial charge in [0.05, 0.1) is 0 Å². The first-order valence-corrected chi connectivity index (χ1v) is 5.87. The zero-order chi connectivity index (χ0) is 13.1. The number of hydrogen-bond donors (Lipinski definition) is 2. The van der Waals surface area contributed by atoms with Crippen LogP contribution in [0.2, 0.25) is 5.15 Å². The monoisotopic (exact) mass is 290 g/mol. The second kappa shape index (κ2) is 5.02. The number of rotatable bonds is 4. The van der Waals surface area contributed by atoms with E-state index in [1.165, 1.54) is 10.8 Å². The van der Waals surface area contributed by atoms with Crippen molar-refractivity contribution in [2.75, 3.05) is 11.3 Å². The highest BCUT2D eigenvalue weighted by molar-refractivity contribution is 7.90. The molecule has 0 aromatic carbocycles. The largest absolute Gasteiger partial charge is 0.402 e. The van der Waals surface area contributed by atoms with E-state index >= 15 is 0 Å².